The summed E-state index contributed by atoms with van der Waals surface area (Å²) in [7, 11) is 4.51. The van der Waals surface area contributed by atoms with E-state index in [2.05, 4.69) is 0 Å². The molecule has 2 heterocycles. The van der Waals surface area contributed by atoms with E-state index in [1.165, 1.54) is 45.6 Å². The van der Waals surface area contributed by atoms with Gasteiger partial charge < -0.3 is 14.2 Å². The average Bonchev–Trinajstić information content (AvgIpc) is 3.40. The third-order valence-corrected chi connectivity index (χ3v) is 6.24. The van der Waals surface area contributed by atoms with Crippen LogP contribution >= 0.6 is 0 Å². The van der Waals surface area contributed by atoms with Crippen LogP contribution in [0.5, 0.6) is 17.2 Å². The van der Waals surface area contributed by atoms with Gasteiger partial charge in [0, 0.05) is 0 Å². The number of carbonyl (C=O) groups excluding carboxylic acids is 2. The highest BCUT2D eigenvalue weighted by atomic mass is 19.1. The van der Waals surface area contributed by atoms with Gasteiger partial charge in [-0.05, 0) is 54.1 Å². The highest BCUT2D eigenvalue weighted by molar-refractivity contribution is 6.23. The SMILES string of the molecule is COc1cc(C2C3C(=O)N(c4ccc(F)cc4)C(=O)C3ON2c2ccccc2)cc(OC)c1OC. The summed E-state index contributed by atoms with van der Waals surface area (Å²) in [6, 6.07) is 17.2. The Morgan fingerprint density at radius 2 is 1.43 bits per heavy atom. The molecule has 2 aliphatic heterocycles. The summed E-state index contributed by atoms with van der Waals surface area (Å²) in [5, 5.41) is 1.58. The number of anilines is 2. The Morgan fingerprint density at radius 1 is 0.800 bits per heavy atom. The summed E-state index contributed by atoms with van der Waals surface area (Å²) in [6.07, 6.45) is -1.06. The van der Waals surface area contributed by atoms with Crippen LogP contribution in [0.15, 0.2) is 66.7 Å². The molecule has 0 radical (unpaired) electrons. The Balaban J connectivity index is 1.64. The zero-order valence-electron chi connectivity index (χ0n) is 19.3. The molecule has 5 rings (SSSR count). The van der Waals surface area contributed by atoms with Crippen LogP contribution in [0.25, 0.3) is 0 Å². The Hall–Kier alpha value is -4.11. The number of halogens is 1. The van der Waals surface area contributed by atoms with E-state index in [4.69, 9.17) is 19.0 Å². The van der Waals surface area contributed by atoms with Gasteiger partial charge in [0.1, 0.15) is 11.7 Å². The molecule has 0 spiro atoms. The van der Waals surface area contributed by atoms with Crippen LogP contribution in [0.3, 0.4) is 0 Å². The van der Waals surface area contributed by atoms with Gasteiger partial charge >= 0.3 is 0 Å². The molecule has 35 heavy (non-hydrogen) atoms. The second-order valence-electron chi connectivity index (χ2n) is 8.10. The summed E-state index contributed by atoms with van der Waals surface area (Å²) in [5.74, 6) is -1.06. The summed E-state index contributed by atoms with van der Waals surface area (Å²) in [4.78, 5) is 34.3. The van der Waals surface area contributed by atoms with Crippen LogP contribution in [-0.2, 0) is 14.4 Å². The molecular formula is C26H23FN2O6. The largest absolute Gasteiger partial charge is 0.493 e. The third kappa shape index (κ3) is 3.64. The number of nitrogens with zero attached hydrogens (tertiary/aromatic N) is 2. The van der Waals surface area contributed by atoms with Gasteiger partial charge in [-0.25, -0.2) is 14.4 Å². The molecule has 0 N–H and O–H groups in total. The summed E-state index contributed by atoms with van der Waals surface area (Å²) < 4.78 is 30.0. The molecule has 3 aromatic carbocycles. The Morgan fingerprint density at radius 3 is 2.00 bits per heavy atom. The molecule has 8 nitrogen and oxygen atoms in total. The van der Waals surface area contributed by atoms with Crippen LogP contribution in [0.4, 0.5) is 15.8 Å². The fourth-order valence-electron chi connectivity index (χ4n) is 4.67. The van der Waals surface area contributed by atoms with E-state index in [0.29, 0.717) is 28.5 Å². The van der Waals surface area contributed by atoms with Crippen molar-refractivity contribution in [3.63, 3.8) is 0 Å². The molecule has 0 aromatic heterocycles. The van der Waals surface area contributed by atoms with Gasteiger partial charge in [-0.15, -0.1) is 0 Å². The predicted octanol–water partition coefficient (Wildman–Crippen LogP) is 3.90. The van der Waals surface area contributed by atoms with E-state index in [-0.39, 0.29) is 5.69 Å². The molecule has 3 atom stereocenters. The second-order valence-corrected chi connectivity index (χ2v) is 8.10. The van der Waals surface area contributed by atoms with Crippen LogP contribution in [0, 0.1) is 11.7 Å². The van der Waals surface area contributed by atoms with Crippen molar-refractivity contribution < 1.29 is 33.0 Å². The lowest BCUT2D eigenvalue weighted by atomic mass is 9.90. The van der Waals surface area contributed by atoms with Gasteiger partial charge in [0.25, 0.3) is 5.91 Å². The average molecular weight is 478 g/mol. The normalized spacial score (nSPS) is 21.3. The fraction of sp³-hybridized carbons (Fsp3) is 0.231. The van der Waals surface area contributed by atoms with Gasteiger partial charge in [-0.2, -0.15) is 0 Å². The van der Waals surface area contributed by atoms with E-state index >= 15 is 0 Å². The zero-order chi connectivity index (χ0) is 24.7. The van der Waals surface area contributed by atoms with E-state index < -0.39 is 35.7 Å². The molecular weight excluding hydrogens is 455 g/mol. The highest BCUT2D eigenvalue weighted by Crippen LogP contribution is 2.50. The maximum Gasteiger partial charge on any atom is 0.266 e. The number of para-hydroxylation sites is 1. The van der Waals surface area contributed by atoms with E-state index in [1.54, 1.807) is 17.2 Å². The first kappa shape index (κ1) is 22.7. The maximum absolute atomic E-state index is 13.7. The molecule has 3 unspecified atom stereocenters. The number of imide groups is 1. The molecule has 3 aromatic rings. The molecule has 9 heteroatoms. The van der Waals surface area contributed by atoms with Crippen molar-refractivity contribution in [2.24, 2.45) is 5.92 Å². The number of methoxy groups -OCH3 is 3. The van der Waals surface area contributed by atoms with Crippen molar-refractivity contribution in [1.82, 2.24) is 0 Å². The van der Waals surface area contributed by atoms with Crippen molar-refractivity contribution in [2.75, 3.05) is 31.3 Å². The number of hydrogen-bond acceptors (Lipinski definition) is 7. The first-order valence-electron chi connectivity index (χ1n) is 10.9. The van der Waals surface area contributed by atoms with Crippen LogP contribution in [0.1, 0.15) is 11.6 Å². The molecule has 2 aliphatic rings. The molecule has 0 aliphatic carbocycles. The van der Waals surface area contributed by atoms with E-state index in [1.807, 2.05) is 30.3 Å². The number of carbonyl (C=O) groups is 2. The van der Waals surface area contributed by atoms with E-state index in [0.717, 1.165) is 4.90 Å². The number of ether oxygens (including phenoxy) is 3. The van der Waals surface area contributed by atoms with Crippen molar-refractivity contribution in [3.05, 3.63) is 78.1 Å². The van der Waals surface area contributed by atoms with Gasteiger partial charge in [0.2, 0.25) is 11.7 Å². The maximum atomic E-state index is 13.7. The van der Waals surface area contributed by atoms with Crippen LogP contribution in [0.2, 0.25) is 0 Å². The predicted molar refractivity (Wildman–Crippen MR) is 125 cm³/mol. The van der Waals surface area contributed by atoms with Crippen LogP contribution in [-0.4, -0.2) is 39.2 Å². The number of hydroxylamine groups is 1. The number of benzene rings is 3. The number of hydrogen-bond donors (Lipinski definition) is 0. The lowest BCUT2D eigenvalue weighted by Gasteiger charge is -2.29. The summed E-state index contributed by atoms with van der Waals surface area (Å²) in [6.45, 7) is 0. The first-order valence-corrected chi connectivity index (χ1v) is 10.9. The quantitative estimate of drug-likeness (QED) is 0.498. The fourth-order valence-corrected chi connectivity index (χ4v) is 4.67. The zero-order valence-corrected chi connectivity index (χ0v) is 19.3. The first-order chi connectivity index (χ1) is 17.0. The van der Waals surface area contributed by atoms with Crippen molar-refractivity contribution in [3.8, 4) is 17.2 Å². The lowest BCUT2D eigenvalue weighted by molar-refractivity contribution is -0.126. The minimum absolute atomic E-state index is 0.286. The second kappa shape index (κ2) is 8.92. The highest BCUT2D eigenvalue weighted by Gasteiger charge is 2.60. The molecule has 0 bridgehead atoms. The number of fused-ring (bicyclic) bond motifs is 1. The molecule has 180 valence electrons. The third-order valence-electron chi connectivity index (χ3n) is 6.24. The molecule has 2 fully saturated rings. The molecule has 2 amide bonds. The van der Waals surface area contributed by atoms with Gasteiger partial charge in [-0.3, -0.25) is 14.4 Å². The minimum atomic E-state index is -1.06. The standard InChI is InChI=1S/C26H23FN2O6/c1-32-19-13-15(14-20(33-2)23(19)34-3)22-21-24(35-29(22)18-7-5-4-6-8-18)26(31)28(25(21)30)17-11-9-16(27)10-12-17/h4-14,21-22,24H,1-3H3. The summed E-state index contributed by atoms with van der Waals surface area (Å²) >= 11 is 0. The van der Waals surface area contributed by atoms with Gasteiger partial charge in [0.05, 0.1) is 38.7 Å². The minimum Gasteiger partial charge on any atom is -0.493 e. The van der Waals surface area contributed by atoms with Crippen molar-refractivity contribution in [1.29, 1.82) is 0 Å². The smallest absolute Gasteiger partial charge is 0.266 e. The Kier molecular flexibility index (Phi) is 5.78. The van der Waals surface area contributed by atoms with E-state index in [9.17, 15) is 14.0 Å². The molecule has 0 saturated carbocycles. The lowest BCUT2D eigenvalue weighted by Crippen LogP contribution is -2.37. The monoisotopic (exact) mass is 478 g/mol. The Bertz CT molecular complexity index is 1240. The van der Waals surface area contributed by atoms with Crippen molar-refractivity contribution >= 4 is 23.2 Å². The van der Waals surface area contributed by atoms with Crippen LogP contribution < -0.4 is 24.2 Å². The van der Waals surface area contributed by atoms with Gasteiger partial charge in [-0.1, -0.05) is 18.2 Å². The Labute approximate surface area is 201 Å². The summed E-state index contributed by atoms with van der Waals surface area (Å²) in [5.41, 5.74) is 1.60. The topological polar surface area (TPSA) is 77.5 Å². The van der Waals surface area contributed by atoms with Crippen molar-refractivity contribution in [2.45, 2.75) is 12.1 Å². The number of rotatable bonds is 6. The van der Waals surface area contributed by atoms with Gasteiger partial charge in [0.15, 0.2) is 17.6 Å². The number of amides is 2. The molecule has 2 saturated heterocycles.